The normalized spacial score (nSPS) is 10.6. The zero-order valence-corrected chi connectivity index (χ0v) is 12.5. The minimum atomic E-state index is -0.456. The van der Waals surface area contributed by atoms with E-state index in [0.717, 1.165) is 6.07 Å². The van der Waals surface area contributed by atoms with Gasteiger partial charge in [0.05, 0.1) is 11.1 Å². The Hall–Kier alpha value is -2.15. The van der Waals surface area contributed by atoms with Crippen LogP contribution in [0.1, 0.15) is 13.8 Å². The lowest BCUT2D eigenvalue weighted by Gasteiger charge is -2.11. The number of aromatic nitrogens is 3. The molecule has 0 fully saturated rings. The van der Waals surface area contributed by atoms with Crippen LogP contribution in [0.3, 0.4) is 0 Å². The highest BCUT2D eigenvalue weighted by Gasteiger charge is 2.12. The number of rotatable bonds is 5. The number of hydrogen-bond donors (Lipinski definition) is 1. The predicted molar refractivity (Wildman–Crippen MR) is 76.6 cm³/mol. The first kappa shape index (κ1) is 15.2. The highest BCUT2D eigenvalue weighted by Crippen LogP contribution is 2.29. The molecule has 6 nitrogen and oxygen atoms in total. The minimum Gasteiger partial charge on any atom is -0.461 e. The molecule has 112 valence electrons. The molecule has 0 bridgehead atoms. The summed E-state index contributed by atoms with van der Waals surface area (Å²) in [4.78, 5) is 12.1. The first-order valence-corrected chi connectivity index (χ1v) is 6.59. The Balaban J connectivity index is 2.29. The highest BCUT2D eigenvalue weighted by molar-refractivity contribution is 6.32. The van der Waals surface area contributed by atoms with E-state index < -0.39 is 5.82 Å². The monoisotopic (exact) mass is 312 g/mol. The van der Waals surface area contributed by atoms with E-state index in [2.05, 4.69) is 20.3 Å². The summed E-state index contributed by atoms with van der Waals surface area (Å²) in [7, 11) is 1.66. The molecule has 0 atom stereocenters. The second-order valence-electron chi connectivity index (χ2n) is 4.32. The van der Waals surface area contributed by atoms with Gasteiger partial charge in [-0.15, -0.1) is 4.98 Å². The Bertz CT molecular complexity index is 640. The van der Waals surface area contributed by atoms with Crippen LogP contribution in [0.25, 0.3) is 0 Å². The molecule has 0 saturated heterocycles. The van der Waals surface area contributed by atoms with Gasteiger partial charge in [-0.1, -0.05) is 11.6 Å². The fraction of sp³-hybridized carbons (Fsp3) is 0.308. The highest BCUT2D eigenvalue weighted by atomic mass is 35.5. The Labute approximate surface area is 126 Å². The topological polar surface area (TPSA) is 69.2 Å². The molecule has 0 aliphatic heterocycles. The molecule has 0 unspecified atom stereocenters. The molecule has 0 radical (unpaired) electrons. The molecule has 2 aromatic rings. The molecule has 2 rings (SSSR count). The van der Waals surface area contributed by atoms with Crippen molar-refractivity contribution in [3.8, 4) is 17.8 Å². The lowest BCUT2D eigenvalue weighted by Crippen LogP contribution is -2.11. The summed E-state index contributed by atoms with van der Waals surface area (Å²) in [6, 6.07) is 3.88. The van der Waals surface area contributed by atoms with Gasteiger partial charge in [0, 0.05) is 7.05 Å². The molecule has 1 N–H and O–H groups in total. The van der Waals surface area contributed by atoms with Gasteiger partial charge in [0.2, 0.25) is 5.95 Å². The average molecular weight is 313 g/mol. The first-order chi connectivity index (χ1) is 9.97. The van der Waals surface area contributed by atoms with Crippen molar-refractivity contribution in [2.24, 2.45) is 0 Å². The molecule has 0 saturated carbocycles. The van der Waals surface area contributed by atoms with Crippen LogP contribution in [-0.2, 0) is 0 Å². The van der Waals surface area contributed by atoms with Crippen LogP contribution < -0.4 is 14.8 Å². The van der Waals surface area contributed by atoms with E-state index in [1.165, 1.54) is 12.1 Å². The smallest absolute Gasteiger partial charge is 0.330 e. The lowest BCUT2D eigenvalue weighted by atomic mass is 10.3. The molecule has 0 spiro atoms. The standard InChI is InChI=1S/C13H14ClFN4O2/c1-7(2)20-12-17-11(16-3)18-13(19-12)21-10-5-4-8(15)6-9(10)14/h4-7H,1-3H3,(H,16,17,18,19). The van der Waals surface area contributed by atoms with Crippen molar-refractivity contribution in [1.82, 2.24) is 15.0 Å². The van der Waals surface area contributed by atoms with Crippen molar-refractivity contribution in [2.75, 3.05) is 12.4 Å². The van der Waals surface area contributed by atoms with E-state index in [4.69, 9.17) is 21.1 Å². The molecular weight excluding hydrogens is 299 g/mol. The number of halogens is 2. The summed E-state index contributed by atoms with van der Waals surface area (Å²) in [5.74, 6) is 0.0680. The van der Waals surface area contributed by atoms with Crippen molar-refractivity contribution < 1.29 is 13.9 Å². The third-order valence-corrected chi connectivity index (χ3v) is 2.55. The molecule has 1 aromatic heterocycles. The van der Waals surface area contributed by atoms with Crippen molar-refractivity contribution in [2.45, 2.75) is 20.0 Å². The number of ether oxygens (including phenoxy) is 2. The average Bonchev–Trinajstić information content (AvgIpc) is 2.41. The molecule has 0 aliphatic carbocycles. The van der Waals surface area contributed by atoms with Gasteiger partial charge in [0.15, 0.2) is 0 Å². The molecule has 1 heterocycles. The second-order valence-corrected chi connectivity index (χ2v) is 4.72. The van der Waals surface area contributed by atoms with Crippen LogP contribution in [0.5, 0.6) is 17.8 Å². The maximum Gasteiger partial charge on any atom is 0.330 e. The summed E-state index contributed by atoms with van der Waals surface area (Å²) in [6.45, 7) is 3.69. The van der Waals surface area contributed by atoms with E-state index in [9.17, 15) is 4.39 Å². The number of nitrogens with one attached hydrogen (secondary N) is 1. The summed E-state index contributed by atoms with van der Waals surface area (Å²) in [5.41, 5.74) is 0. The van der Waals surface area contributed by atoms with Gasteiger partial charge in [-0.2, -0.15) is 9.97 Å². The van der Waals surface area contributed by atoms with Gasteiger partial charge in [0.25, 0.3) is 0 Å². The van der Waals surface area contributed by atoms with E-state index in [1.807, 2.05) is 13.8 Å². The number of anilines is 1. The largest absolute Gasteiger partial charge is 0.461 e. The molecule has 0 amide bonds. The van der Waals surface area contributed by atoms with E-state index >= 15 is 0 Å². The Kier molecular flexibility index (Phi) is 4.74. The summed E-state index contributed by atoms with van der Waals surface area (Å²) in [5, 5.41) is 2.89. The number of nitrogens with zero attached hydrogens (tertiary/aromatic N) is 3. The quantitative estimate of drug-likeness (QED) is 0.913. The molecule has 21 heavy (non-hydrogen) atoms. The summed E-state index contributed by atoms with van der Waals surface area (Å²) >= 11 is 5.89. The zero-order valence-electron chi connectivity index (χ0n) is 11.7. The van der Waals surface area contributed by atoms with Gasteiger partial charge in [-0.3, -0.25) is 0 Å². The lowest BCUT2D eigenvalue weighted by molar-refractivity contribution is 0.218. The van der Waals surface area contributed by atoms with Gasteiger partial charge < -0.3 is 14.8 Å². The minimum absolute atomic E-state index is 0.00138. The van der Waals surface area contributed by atoms with Crippen LogP contribution in [0.15, 0.2) is 18.2 Å². The van der Waals surface area contributed by atoms with Crippen LogP contribution >= 0.6 is 11.6 Å². The Morgan fingerprint density at radius 1 is 1.19 bits per heavy atom. The van der Waals surface area contributed by atoms with Crippen LogP contribution in [0, 0.1) is 5.82 Å². The van der Waals surface area contributed by atoms with Crippen LogP contribution in [0.4, 0.5) is 10.3 Å². The van der Waals surface area contributed by atoms with E-state index in [0.29, 0.717) is 0 Å². The van der Waals surface area contributed by atoms with E-state index in [-0.39, 0.29) is 34.8 Å². The van der Waals surface area contributed by atoms with Crippen molar-refractivity contribution >= 4 is 17.5 Å². The van der Waals surface area contributed by atoms with Gasteiger partial charge in [0.1, 0.15) is 11.6 Å². The fourth-order valence-electron chi connectivity index (χ4n) is 1.42. The van der Waals surface area contributed by atoms with Gasteiger partial charge in [-0.05, 0) is 32.0 Å². The van der Waals surface area contributed by atoms with Crippen molar-refractivity contribution in [1.29, 1.82) is 0 Å². The predicted octanol–water partition coefficient (Wildman–Crippen LogP) is 3.29. The maximum atomic E-state index is 13.0. The van der Waals surface area contributed by atoms with Crippen molar-refractivity contribution in [3.63, 3.8) is 0 Å². The number of hydrogen-bond acceptors (Lipinski definition) is 6. The summed E-state index contributed by atoms with van der Waals surface area (Å²) in [6.07, 6.45) is -0.0978. The number of benzene rings is 1. The SMILES string of the molecule is CNc1nc(Oc2ccc(F)cc2Cl)nc(OC(C)C)n1. The Morgan fingerprint density at radius 3 is 2.52 bits per heavy atom. The first-order valence-electron chi connectivity index (χ1n) is 6.21. The molecule has 1 aromatic carbocycles. The van der Waals surface area contributed by atoms with Crippen molar-refractivity contribution in [3.05, 3.63) is 29.0 Å². The molecule has 0 aliphatic rings. The third-order valence-electron chi connectivity index (χ3n) is 2.25. The third kappa shape index (κ3) is 4.16. The summed E-state index contributed by atoms with van der Waals surface area (Å²) < 4.78 is 23.9. The van der Waals surface area contributed by atoms with Crippen LogP contribution in [0.2, 0.25) is 5.02 Å². The Morgan fingerprint density at radius 2 is 1.90 bits per heavy atom. The van der Waals surface area contributed by atoms with E-state index in [1.54, 1.807) is 7.05 Å². The van der Waals surface area contributed by atoms with Crippen LogP contribution in [-0.4, -0.2) is 28.1 Å². The molecular formula is C13H14ClFN4O2. The maximum absolute atomic E-state index is 13.0. The molecule has 8 heteroatoms. The fourth-order valence-corrected chi connectivity index (χ4v) is 1.62. The second kappa shape index (κ2) is 6.53. The van der Waals surface area contributed by atoms with Gasteiger partial charge in [-0.25, -0.2) is 4.39 Å². The van der Waals surface area contributed by atoms with Gasteiger partial charge >= 0.3 is 12.0 Å². The zero-order chi connectivity index (χ0) is 15.4.